The molecule has 0 aliphatic carbocycles. The van der Waals surface area contributed by atoms with Crippen LogP contribution in [0.4, 0.5) is 11.4 Å². The predicted molar refractivity (Wildman–Crippen MR) is 85.8 cm³/mol. The fraction of sp³-hybridized carbons (Fsp3) is 0.286. The van der Waals surface area contributed by atoms with E-state index in [1.165, 1.54) is 4.68 Å². The number of halogens is 1. The van der Waals surface area contributed by atoms with Crippen molar-refractivity contribution in [2.24, 2.45) is 0 Å². The van der Waals surface area contributed by atoms with E-state index in [1.54, 1.807) is 32.9 Å². The number of benzene rings is 1. The summed E-state index contributed by atoms with van der Waals surface area (Å²) < 4.78 is 2.29. The summed E-state index contributed by atoms with van der Waals surface area (Å²) in [5.74, 6) is -0.289. The first kappa shape index (κ1) is 16.2. The molecule has 22 heavy (non-hydrogen) atoms. The summed E-state index contributed by atoms with van der Waals surface area (Å²) >= 11 is 3.32. The highest BCUT2D eigenvalue weighted by Crippen LogP contribution is 2.25. The lowest BCUT2D eigenvalue weighted by atomic mass is 10.2. The van der Waals surface area contributed by atoms with Crippen molar-refractivity contribution >= 4 is 33.2 Å². The molecule has 0 radical (unpaired) electrons. The van der Waals surface area contributed by atoms with Gasteiger partial charge in [0.1, 0.15) is 17.4 Å². The molecule has 1 aromatic carbocycles. The second-order valence-corrected chi connectivity index (χ2v) is 5.81. The van der Waals surface area contributed by atoms with Gasteiger partial charge in [0.15, 0.2) is 0 Å². The number of nitrogens with one attached hydrogen (secondary N) is 1. The van der Waals surface area contributed by atoms with Gasteiger partial charge in [0.05, 0.1) is 4.92 Å². The van der Waals surface area contributed by atoms with Crippen LogP contribution in [0, 0.1) is 24.0 Å². The molecule has 1 heterocycles. The first-order valence-corrected chi connectivity index (χ1v) is 7.37. The minimum absolute atomic E-state index is 0.0525. The Bertz CT molecular complexity index is 724. The minimum atomic E-state index is -0.656. The molecule has 8 heteroatoms. The van der Waals surface area contributed by atoms with Crippen LogP contribution in [-0.2, 0) is 4.79 Å². The van der Waals surface area contributed by atoms with Crippen LogP contribution in [0.1, 0.15) is 24.4 Å². The fourth-order valence-electron chi connectivity index (χ4n) is 2.19. The number of carbonyl (C=O) groups is 1. The van der Waals surface area contributed by atoms with Gasteiger partial charge in [0.2, 0.25) is 5.91 Å². The zero-order valence-corrected chi connectivity index (χ0v) is 13.9. The Morgan fingerprint density at radius 2 is 1.95 bits per heavy atom. The molecular weight excluding hydrogens is 352 g/mol. The van der Waals surface area contributed by atoms with E-state index in [2.05, 4.69) is 26.3 Å². The normalized spacial score (nSPS) is 12.0. The third-order valence-electron chi connectivity index (χ3n) is 3.33. The molecule has 1 amide bonds. The van der Waals surface area contributed by atoms with E-state index in [-0.39, 0.29) is 11.6 Å². The molecule has 116 valence electrons. The Hall–Kier alpha value is -2.22. The maximum Gasteiger partial charge on any atom is 0.312 e. The lowest BCUT2D eigenvalue weighted by Crippen LogP contribution is -2.25. The molecule has 0 fully saturated rings. The molecule has 1 N–H and O–H groups in total. The van der Waals surface area contributed by atoms with Crippen molar-refractivity contribution in [1.82, 2.24) is 9.78 Å². The summed E-state index contributed by atoms with van der Waals surface area (Å²) in [4.78, 5) is 22.8. The van der Waals surface area contributed by atoms with Gasteiger partial charge < -0.3 is 5.32 Å². The van der Waals surface area contributed by atoms with Crippen molar-refractivity contribution in [3.63, 3.8) is 0 Å². The number of nitro groups is 1. The van der Waals surface area contributed by atoms with Gasteiger partial charge in [-0.25, -0.2) is 0 Å². The third-order valence-corrected chi connectivity index (χ3v) is 3.86. The van der Waals surface area contributed by atoms with Crippen LogP contribution in [0.25, 0.3) is 0 Å². The number of carbonyl (C=O) groups excluding carboxylic acids is 1. The van der Waals surface area contributed by atoms with Crippen molar-refractivity contribution < 1.29 is 9.72 Å². The summed E-state index contributed by atoms with van der Waals surface area (Å²) in [5, 5.41) is 17.9. The van der Waals surface area contributed by atoms with Gasteiger partial charge in [-0.3, -0.25) is 19.6 Å². The Morgan fingerprint density at radius 3 is 2.45 bits per heavy atom. The van der Waals surface area contributed by atoms with Crippen LogP contribution in [0.15, 0.2) is 28.7 Å². The zero-order chi connectivity index (χ0) is 16.4. The number of hydrogen-bond acceptors (Lipinski definition) is 4. The largest absolute Gasteiger partial charge is 0.324 e. The molecular formula is C14H15BrN4O3. The molecule has 0 saturated heterocycles. The lowest BCUT2D eigenvalue weighted by molar-refractivity contribution is -0.386. The average Bonchev–Trinajstić information content (AvgIpc) is 2.75. The topological polar surface area (TPSA) is 90.1 Å². The van der Waals surface area contributed by atoms with Crippen LogP contribution in [0.5, 0.6) is 0 Å². The smallest absolute Gasteiger partial charge is 0.312 e. The molecule has 1 atom stereocenters. The van der Waals surface area contributed by atoms with Crippen LogP contribution in [0.2, 0.25) is 0 Å². The Morgan fingerprint density at radius 1 is 1.36 bits per heavy atom. The lowest BCUT2D eigenvalue weighted by Gasteiger charge is -2.14. The zero-order valence-electron chi connectivity index (χ0n) is 12.3. The highest BCUT2D eigenvalue weighted by Gasteiger charge is 2.27. The number of amides is 1. The van der Waals surface area contributed by atoms with Crippen LogP contribution in [-0.4, -0.2) is 20.6 Å². The molecule has 0 saturated carbocycles. The fourth-order valence-corrected chi connectivity index (χ4v) is 2.45. The number of anilines is 1. The Balaban J connectivity index is 2.22. The maximum atomic E-state index is 12.3. The van der Waals surface area contributed by atoms with Crippen LogP contribution in [0.3, 0.4) is 0 Å². The second kappa shape index (κ2) is 6.27. The predicted octanol–water partition coefficient (Wildman–Crippen LogP) is 3.37. The summed E-state index contributed by atoms with van der Waals surface area (Å²) in [6, 6.07) is 6.50. The number of nitrogens with zero attached hydrogens (tertiary/aromatic N) is 3. The van der Waals surface area contributed by atoms with Crippen molar-refractivity contribution in [2.45, 2.75) is 26.8 Å². The molecule has 0 aliphatic heterocycles. The van der Waals surface area contributed by atoms with Crippen molar-refractivity contribution in [2.75, 3.05) is 5.32 Å². The molecule has 0 unspecified atom stereocenters. The van der Waals surface area contributed by atoms with Crippen molar-refractivity contribution in [1.29, 1.82) is 0 Å². The third kappa shape index (κ3) is 3.16. The Labute approximate surface area is 135 Å². The molecule has 0 aliphatic rings. The van der Waals surface area contributed by atoms with E-state index in [9.17, 15) is 14.9 Å². The van der Waals surface area contributed by atoms with E-state index in [0.717, 1.165) is 4.47 Å². The molecule has 7 nitrogen and oxygen atoms in total. The number of rotatable bonds is 4. The first-order valence-electron chi connectivity index (χ1n) is 6.57. The molecule has 0 spiro atoms. The van der Waals surface area contributed by atoms with Crippen LogP contribution < -0.4 is 5.32 Å². The summed E-state index contributed by atoms with van der Waals surface area (Å²) in [6.07, 6.45) is 0. The van der Waals surface area contributed by atoms with E-state index in [4.69, 9.17) is 0 Å². The van der Waals surface area contributed by atoms with Gasteiger partial charge in [-0.2, -0.15) is 5.10 Å². The highest BCUT2D eigenvalue weighted by molar-refractivity contribution is 9.10. The van der Waals surface area contributed by atoms with Gasteiger partial charge in [-0.1, -0.05) is 15.9 Å². The van der Waals surface area contributed by atoms with Gasteiger partial charge in [-0.05, 0) is 45.0 Å². The average molecular weight is 367 g/mol. The van der Waals surface area contributed by atoms with E-state index >= 15 is 0 Å². The molecule has 2 aromatic rings. The highest BCUT2D eigenvalue weighted by atomic mass is 79.9. The second-order valence-electron chi connectivity index (χ2n) is 4.89. The Kier molecular flexibility index (Phi) is 4.60. The summed E-state index contributed by atoms with van der Waals surface area (Å²) in [5.41, 5.74) is 1.26. The van der Waals surface area contributed by atoms with E-state index in [0.29, 0.717) is 17.1 Å². The number of aryl methyl sites for hydroxylation is 1. The van der Waals surface area contributed by atoms with E-state index in [1.807, 2.05) is 12.1 Å². The number of aromatic nitrogens is 2. The standard InChI is InChI=1S/C14H15BrN4O3/c1-8-13(19(21)22)9(2)18(17-8)10(3)14(20)16-12-6-4-11(15)5-7-12/h4-7,10H,1-3H3,(H,16,20)/t10-/m0/s1. The first-order chi connectivity index (χ1) is 10.3. The minimum Gasteiger partial charge on any atom is -0.324 e. The number of hydrogen-bond donors (Lipinski definition) is 1. The monoisotopic (exact) mass is 366 g/mol. The molecule has 0 bridgehead atoms. The SMILES string of the molecule is Cc1nn([C@@H](C)C(=O)Nc2ccc(Br)cc2)c(C)c1[N+](=O)[O-]. The van der Waals surface area contributed by atoms with Crippen molar-refractivity contribution in [3.8, 4) is 0 Å². The van der Waals surface area contributed by atoms with Gasteiger partial charge in [-0.15, -0.1) is 0 Å². The quantitative estimate of drug-likeness (QED) is 0.663. The van der Waals surface area contributed by atoms with Crippen LogP contribution >= 0.6 is 15.9 Å². The van der Waals surface area contributed by atoms with Gasteiger partial charge in [0.25, 0.3) is 0 Å². The molecule has 1 aromatic heterocycles. The summed E-state index contributed by atoms with van der Waals surface area (Å²) in [7, 11) is 0. The van der Waals surface area contributed by atoms with Gasteiger partial charge in [0, 0.05) is 10.2 Å². The molecule has 2 rings (SSSR count). The van der Waals surface area contributed by atoms with Crippen molar-refractivity contribution in [3.05, 3.63) is 50.2 Å². The van der Waals surface area contributed by atoms with Gasteiger partial charge >= 0.3 is 5.69 Å². The van der Waals surface area contributed by atoms with E-state index < -0.39 is 11.0 Å². The summed E-state index contributed by atoms with van der Waals surface area (Å²) in [6.45, 7) is 4.79. The maximum absolute atomic E-state index is 12.3.